The second-order valence-electron chi connectivity index (χ2n) is 6.47. The van der Waals surface area contributed by atoms with Gasteiger partial charge in [-0.15, -0.1) is 0 Å². The highest BCUT2D eigenvalue weighted by Gasteiger charge is 2.26. The largest absolute Gasteiger partial charge is 0.481 e. The molecule has 1 saturated heterocycles. The normalized spacial score (nSPS) is 21.7. The Hall–Kier alpha value is -0.610. The number of aliphatic carboxylic acids is 1. The first-order valence-electron chi connectivity index (χ1n) is 6.92. The van der Waals surface area contributed by atoms with E-state index >= 15 is 0 Å². The summed E-state index contributed by atoms with van der Waals surface area (Å²) in [5.74, 6) is 0.0926. The number of carbonyl (C=O) groups is 1. The number of nitrogens with zero attached hydrogens (tertiary/aromatic N) is 2. The molecule has 0 aliphatic carbocycles. The molecular formula is C14H28N2O2. The molecule has 1 aliphatic heterocycles. The molecule has 1 aliphatic rings. The minimum absolute atomic E-state index is 0.589. The molecule has 0 aromatic heterocycles. The fourth-order valence-electron chi connectivity index (χ4n) is 2.61. The van der Waals surface area contributed by atoms with Crippen molar-refractivity contribution in [1.82, 2.24) is 9.80 Å². The van der Waals surface area contributed by atoms with Crippen LogP contribution in [0.5, 0.6) is 0 Å². The van der Waals surface area contributed by atoms with Crippen molar-refractivity contribution in [2.45, 2.75) is 33.1 Å². The highest BCUT2D eigenvalue weighted by Crippen LogP contribution is 2.22. The van der Waals surface area contributed by atoms with Crippen LogP contribution in [0.1, 0.15) is 33.1 Å². The summed E-state index contributed by atoms with van der Waals surface area (Å²) in [4.78, 5) is 15.7. The monoisotopic (exact) mass is 256 g/mol. The molecule has 0 aromatic carbocycles. The minimum Gasteiger partial charge on any atom is -0.481 e. The van der Waals surface area contributed by atoms with Crippen molar-refractivity contribution in [3.05, 3.63) is 0 Å². The number of carboxylic acid groups (broad SMARTS) is 1. The highest BCUT2D eigenvalue weighted by atomic mass is 16.4. The molecule has 4 nitrogen and oxygen atoms in total. The SMILES string of the molecule is CN(CCCC(C)(C)C(=O)O)CC1CCN(C)C1. The van der Waals surface area contributed by atoms with E-state index < -0.39 is 11.4 Å². The van der Waals surface area contributed by atoms with E-state index in [2.05, 4.69) is 23.9 Å². The minimum atomic E-state index is -0.692. The van der Waals surface area contributed by atoms with Gasteiger partial charge in [-0.05, 0) is 66.2 Å². The van der Waals surface area contributed by atoms with E-state index in [9.17, 15) is 4.79 Å². The first-order valence-corrected chi connectivity index (χ1v) is 6.92. The molecule has 1 fully saturated rings. The lowest BCUT2D eigenvalue weighted by Gasteiger charge is -2.23. The van der Waals surface area contributed by atoms with Crippen LogP contribution in [0, 0.1) is 11.3 Å². The van der Waals surface area contributed by atoms with Crippen LogP contribution in [0.4, 0.5) is 0 Å². The van der Waals surface area contributed by atoms with Crippen molar-refractivity contribution in [2.24, 2.45) is 11.3 Å². The summed E-state index contributed by atoms with van der Waals surface area (Å²) in [7, 11) is 4.32. The zero-order valence-electron chi connectivity index (χ0n) is 12.3. The molecule has 0 amide bonds. The van der Waals surface area contributed by atoms with E-state index in [4.69, 9.17) is 5.11 Å². The van der Waals surface area contributed by atoms with Gasteiger partial charge >= 0.3 is 5.97 Å². The van der Waals surface area contributed by atoms with Gasteiger partial charge < -0.3 is 14.9 Å². The number of hydrogen-bond donors (Lipinski definition) is 1. The molecule has 0 radical (unpaired) electrons. The van der Waals surface area contributed by atoms with Crippen LogP contribution >= 0.6 is 0 Å². The lowest BCUT2D eigenvalue weighted by atomic mass is 9.88. The maximum Gasteiger partial charge on any atom is 0.309 e. The van der Waals surface area contributed by atoms with E-state index in [0.29, 0.717) is 0 Å². The summed E-state index contributed by atoms with van der Waals surface area (Å²) in [6.07, 6.45) is 3.00. The van der Waals surface area contributed by atoms with E-state index in [1.54, 1.807) is 13.8 Å². The van der Waals surface area contributed by atoms with Crippen LogP contribution < -0.4 is 0 Å². The van der Waals surface area contributed by atoms with E-state index in [1.165, 1.54) is 19.5 Å². The van der Waals surface area contributed by atoms with Crippen molar-refractivity contribution in [3.63, 3.8) is 0 Å². The van der Waals surface area contributed by atoms with Crippen molar-refractivity contribution in [3.8, 4) is 0 Å². The number of rotatable bonds is 7. The van der Waals surface area contributed by atoms with Gasteiger partial charge in [0.1, 0.15) is 0 Å². The van der Waals surface area contributed by atoms with Gasteiger partial charge in [0.2, 0.25) is 0 Å². The van der Waals surface area contributed by atoms with Gasteiger partial charge in [0.15, 0.2) is 0 Å². The summed E-state index contributed by atoms with van der Waals surface area (Å²) in [5, 5.41) is 9.05. The molecule has 18 heavy (non-hydrogen) atoms. The van der Waals surface area contributed by atoms with Crippen molar-refractivity contribution in [1.29, 1.82) is 0 Å². The average Bonchev–Trinajstić information content (AvgIpc) is 2.63. The zero-order valence-corrected chi connectivity index (χ0v) is 12.3. The van der Waals surface area contributed by atoms with E-state index in [0.717, 1.165) is 31.8 Å². The first-order chi connectivity index (χ1) is 8.31. The van der Waals surface area contributed by atoms with Gasteiger partial charge in [0.25, 0.3) is 0 Å². The Kier molecular flexibility index (Phi) is 5.60. The molecular weight excluding hydrogens is 228 g/mol. The first kappa shape index (κ1) is 15.4. The standard InChI is InChI=1S/C14H28N2O2/c1-14(2,13(17)18)7-5-8-15(3)10-12-6-9-16(4)11-12/h12H,5-11H2,1-4H3,(H,17,18). The Morgan fingerprint density at radius 1 is 1.50 bits per heavy atom. The fourth-order valence-corrected chi connectivity index (χ4v) is 2.61. The molecule has 1 heterocycles. The molecule has 1 N–H and O–H groups in total. The van der Waals surface area contributed by atoms with Crippen molar-refractivity contribution in [2.75, 3.05) is 40.3 Å². The molecule has 4 heteroatoms. The Balaban J connectivity index is 2.17. The maximum absolute atomic E-state index is 11.0. The third-order valence-corrected chi connectivity index (χ3v) is 3.98. The van der Waals surface area contributed by atoms with Crippen LogP contribution in [-0.2, 0) is 4.79 Å². The summed E-state index contributed by atoms with van der Waals surface area (Å²) >= 11 is 0. The van der Waals surface area contributed by atoms with Crippen LogP contribution in [0.15, 0.2) is 0 Å². The van der Waals surface area contributed by atoms with Crippen molar-refractivity contribution < 1.29 is 9.90 Å². The van der Waals surface area contributed by atoms with E-state index in [-0.39, 0.29) is 0 Å². The average molecular weight is 256 g/mol. The maximum atomic E-state index is 11.0. The predicted molar refractivity (Wildman–Crippen MR) is 73.8 cm³/mol. The van der Waals surface area contributed by atoms with Gasteiger partial charge in [-0.1, -0.05) is 0 Å². The van der Waals surface area contributed by atoms with Crippen LogP contribution in [0.25, 0.3) is 0 Å². The quantitative estimate of drug-likeness (QED) is 0.754. The number of likely N-dealkylation sites (tertiary alicyclic amines) is 1. The second kappa shape index (κ2) is 6.53. The topological polar surface area (TPSA) is 43.8 Å². The van der Waals surface area contributed by atoms with Gasteiger partial charge in [-0.25, -0.2) is 0 Å². The molecule has 1 rings (SSSR count). The molecule has 0 saturated carbocycles. The van der Waals surface area contributed by atoms with Crippen LogP contribution in [0.2, 0.25) is 0 Å². The molecule has 106 valence electrons. The smallest absolute Gasteiger partial charge is 0.309 e. The third kappa shape index (κ3) is 4.94. The van der Waals surface area contributed by atoms with Crippen molar-refractivity contribution >= 4 is 5.97 Å². The lowest BCUT2D eigenvalue weighted by Crippen LogP contribution is -2.30. The fraction of sp³-hybridized carbons (Fsp3) is 0.929. The highest BCUT2D eigenvalue weighted by molar-refractivity contribution is 5.73. The molecule has 0 spiro atoms. The summed E-state index contributed by atoms with van der Waals surface area (Å²) in [6.45, 7) is 8.16. The Morgan fingerprint density at radius 3 is 2.67 bits per heavy atom. The van der Waals surface area contributed by atoms with Gasteiger partial charge in [0, 0.05) is 13.1 Å². The van der Waals surface area contributed by atoms with Gasteiger partial charge in [0.05, 0.1) is 5.41 Å². The summed E-state index contributed by atoms with van der Waals surface area (Å²) in [6, 6.07) is 0. The Bertz CT molecular complexity index is 279. The number of hydrogen-bond acceptors (Lipinski definition) is 3. The van der Waals surface area contributed by atoms with Crippen LogP contribution in [0.3, 0.4) is 0 Å². The van der Waals surface area contributed by atoms with Crippen LogP contribution in [-0.4, -0.2) is 61.2 Å². The summed E-state index contributed by atoms with van der Waals surface area (Å²) in [5.41, 5.74) is -0.589. The second-order valence-corrected chi connectivity index (χ2v) is 6.47. The lowest BCUT2D eigenvalue weighted by molar-refractivity contribution is -0.147. The predicted octanol–water partition coefficient (Wildman–Crippen LogP) is 1.76. The molecule has 0 bridgehead atoms. The van der Waals surface area contributed by atoms with E-state index in [1.807, 2.05) is 0 Å². The van der Waals surface area contributed by atoms with Gasteiger partial charge in [-0.3, -0.25) is 4.79 Å². The Labute approximate surface area is 111 Å². The summed E-state index contributed by atoms with van der Waals surface area (Å²) < 4.78 is 0. The number of carboxylic acids is 1. The molecule has 0 aromatic rings. The molecule has 1 unspecified atom stereocenters. The molecule has 1 atom stereocenters. The zero-order chi connectivity index (χ0) is 13.8. The van der Waals surface area contributed by atoms with Gasteiger partial charge in [-0.2, -0.15) is 0 Å². The third-order valence-electron chi connectivity index (χ3n) is 3.98. The Morgan fingerprint density at radius 2 is 2.17 bits per heavy atom.